The maximum absolute atomic E-state index is 11.1. The Bertz CT molecular complexity index is 765. The van der Waals surface area contributed by atoms with E-state index in [9.17, 15) is 4.79 Å². The van der Waals surface area contributed by atoms with Gasteiger partial charge >= 0.3 is 5.97 Å². The lowest BCUT2D eigenvalue weighted by Crippen LogP contribution is -2.48. The van der Waals surface area contributed by atoms with Gasteiger partial charge in [0.1, 0.15) is 18.1 Å². The number of hydrogen-bond acceptors (Lipinski definition) is 7. The van der Waals surface area contributed by atoms with E-state index >= 15 is 0 Å². The number of azide groups is 1. The Morgan fingerprint density at radius 1 is 1.58 bits per heavy atom. The Hall–Kier alpha value is -1.79. The minimum absolute atomic E-state index is 0.0612. The number of ether oxygens (including phenoxy) is 2. The van der Waals surface area contributed by atoms with Crippen LogP contribution in [0.1, 0.15) is 26.5 Å². The molecule has 1 aliphatic heterocycles. The van der Waals surface area contributed by atoms with Crippen molar-refractivity contribution in [2.24, 2.45) is 17.0 Å². The number of carbonyl (C=O) groups excluding carboxylic acids is 1. The molecule has 138 valence electrons. The molecular weight excluding hydrogens is 422 g/mol. The van der Waals surface area contributed by atoms with Gasteiger partial charge in [0.05, 0.1) is 10.6 Å². The third-order valence-corrected chi connectivity index (χ3v) is 6.08. The van der Waals surface area contributed by atoms with Gasteiger partial charge in [0.2, 0.25) is 0 Å². The Morgan fingerprint density at radius 3 is 2.88 bits per heavy atom. The van der Waals surface area contributed by atoms with Gasteiger partial charge in [0, 0.05) is 34.9 Å². The predicted molar refractivity (Wildman–Crippen MR) is 99.1 cm³/mol. The largest absolute Gasteiger partial charge is 0.463 e. The van der Waals surface area contributed by atoms with Gasteiger partial charge in [-0.1, -0.05) is 30.7 Å². The predicted octanol–water partition coefficient (Wildman–Crippen LogP) is 4.05. The van der Waals surface area contributed by atoms with E-state index in [1.165, 1.54) is 18.7 Å². The van der Waals surface area contributed by atoms with Crippen LogP contribution in [-0.2, 0) is 14.3 Å². The van der Waals surface area contributed by atoms with E-state index in [0.29, 0.717) is 10.2 Å². The highest BCUT2D eigenvalue weighted by molar-refractivity contribution is 9.10. The summed E-state index contributed by atoms with van der Waals surface area (Å²) >= 11 is 4.75. The SMILES string of the molecule is CC(=O)OCC1O[C@H](Sc2cnc(C#N)c(Br)c2)C(C)[C@@H](N=[N+]=[N-])[C@H]1C. The minimum Gasteiger partial charge on any atom is -0.463 e. The molecule has 0 N–H and O–H groups in total. The first-order valence-electron chi connectivity index (χ1n) is 7.92. The highest BCUT2D eigenvalue weighted by atomic mass is 79.9. The third kappa shape index (κ3) is 4.89. The van der Waals surface area contributed by atoms with Crippen LogP contribution in [0.4, 0.5) is 0 Å². The van der Waals surface area contributed by atoms with E-state index in [4.69, 9.17) is 20.3 Å². The average molecular weight is 440 g/mol. The molecule has 0 amide bonds. The van der Waals surface area contributed by atoms with E-state index in [0.717, 1.165) is 4.90 Å². The minimum atomic E-state index is -0.385. The van der Waals surface area contributed by atoms with Gasteiger partial charge in [0.25, 0.3) is 0 Å². The summed E-state index contributed by atoms with van der Waals surface area (Å²) in [4.78, 5) is 19.0. The van der Waals surface area contributed by atoms with Crippen LogP contribution >= 0.6 is 27.7 Å². The topological polar surface area (TPSA) is 121 Å². The molecule has 2 unspecified atom stereocenters. The highest BCUT2D eigenvalue weighted by Crippen LogP contribution is 2.40. The number of nitriles is 1. The smallest absolute Gasteiger partial charge is 0.302 e. The highest BCUT2D eigenvalue weighted by Gasteiger charge is 2.42. The number of pyridine rings is 1. The van der Waals surface area contributed by atoms with Gasteiger partial charge in [-0.2, -0.15) is 5.26 Å². The number of esters is 1. The normalized spacial score (nSPS) is 27.9. The molecule has 0 bridgehead atoms. The number of halogens is 1. The van der Waals surface area contributed by atoms with Crippen molar-refractivity contribution in [1.29, 1.82) is 5.26 Å². The zero-order valence-electron chi connectivity index (χ0n) is 14.5. The Labute approximate surface area is 164 Å². The van der Waals surface area contributed by atoms with E-state index in [2.05, 4.69) is 30.9 Å². The molecule has 1 aromatic rings. The number of hydrogen-bond donors (Lipinski definition) is 0. The van der Waals surface area contributed by atoms with Crippen molar-refractivity contribution in [3.8, 4) is 6.07 Å². The zero-order valence-corrected chi connectivity index (χ0v) is 16.9. The average Bonchev–Trinajstić information content (AvgIpc) is 2.60. The first-order chi connectivity index (χ1) is 12.4. The lowest BCUT2D eigenvalue weighted by Gasteiger charge is -2.42. The van der Waals surface area contributed by atoms with Gasteiger partial charge in [-0.15, -0.1) is 0 Å². The molecule has 1 aromatic heterocycles. The molecule has 0 spiro atoms. The molecular formula is C16H18BrN5O3S. The van der Waals surface area contributed by atoms with Crippen LogP contribution in [0.2, 0.25) is 0 Å². The first kappa shape index (κ1) is 20.5. The van der Waals surface area contributed by atoms with Crippen LogP contribution in [0, 0.1) is 23.2 Å². The molecule has 0 aromatic carbocycles. The van der Waals surface area contributed by atoms with Gasteiger partial charge < -0.3 is 9.47 Å². The van der Waals surface area contributed by atoms with Crippen molar-refractivity contribution in [2.45, 2.75) is 43.2 Å². The van der Waals surface area contributed by atoms with Gasteiger partial charge in [-0.3, -0.25) is 4.79 Å². The van der Waals surface area contributed by atoms with Crippen LogP contribution in [-0.4, -0.2) is 35.1 Å². The van der Waals surface area contributed by atoms with Crippen molar-refractivity contribution in [1.82, 2.24) is 4.98 Å². The molecule has 2 heterocycles. The fourth-order valence-corrected chi connectivity index (χ4v) is 4.51. The lowest BCUT2D eigenvalue weighted by atomic mass is 9.85. The summed E-state index contributed by atoms with van der Waals surface area (Å²) in [6.45, 7) is 5.33. The molecule has 0 aliphatic carbocycles. The van der Waals surface area contributed by atoms with Crippen LogP contribution in [0.3, 0.4) is 0 Å². The number of nitrogens with zero attached hydrogens (tertiary/aromatic N) is 5. The van der Waals surface area contributed by atoms with Crippen LogP contribution in [0.15, 0.2) is 26.7 Å². The second kappa shape index (κ2) is 9.24. The van der Waals surface area contributed by atoms with Gasteiger partial charge in [-0.25, -0.2) is 4.98 Å². The summed E-state index contributed by atoms with van der Waals surface area (Å²) in [5.74, 6) is -0.541. The third-order valence-electron chi connectivity index (χ3n) is 4.21. The van der Waals surface area contributed by atoms with E-state index < -0.39 is 0 Å². The second-order valence-corrected chi connectivity index (χ2v) is 8.02. The maximum Gasteiger partial charge on any atom is 0.302 e. The molecule has 1 aliphatic rings. The maximum atomic E-state index is 11.1. The summed E-state index contributed by atoms with van der Waals surface area (Å²) in [7, 11) is 0. The fourth-order valence-electron chi connectivity index (χ4n) is 2.78. The molecule has 8 nitrogen and oxygen atoms in total. The molecule has 0 radical (unpaired) electrons. The van der Waals surface area contributed by atoms with Crippen molar-refractivity contribution >= 4 is 33.7 Å². The van der Waals surface area contributed by atoms with E-state index in [-0.39, 0.29) is 42.0 Å². The number of rotatable bonds is 5. The van der Waals surface area contributed by atoms with Gasteiger partial charge in [0.15, 0.2) is 5.69 Å². The van der Waals surface area contributed by atoms with Crippen molar-refractivity contribution in [3.63, 3.8) is 0 Å². The lowest BCUT2D eigenvalue weighted by molar-refractivity contribution is -0.153. The quantitative estimate of drug-likeness (QED) is 0.295. The fraction of sp³-hybridized carbons (Fsp3) is 0.562. The van der Waals surface area contributed by atoms with Gasteiger partial charge in [-0.05, 0) is 33.4 Å². The zero-order chi connectivity index (χ0) is 19.3. The number of carbonyl (C=O) groups is 1. The molecule has 26 heavy (non-hydrogen) atoms. The Kier molecular flexibility index (Phi) is 7.29. The molecule has 1 saturated heterocycles. The van der Waals surface area contributed by atoms with Crippen LogP contribution in [0.25, 0.3) is 10.4 Å². The Balaban J connectivity index is 2.21. The van der Waals surface area contributed by atoms with Crippen LogP contribution < -0.4 is 0 Å². The summed E-state index contributed by atoms with van der Waals surface area (Å²) in [6, 6.07) is 3.51. The standard InChI is InChI=1S/C16H18BrN5O3S/c1-8-14(7-24-10(3)23)25-16(9(2)15(8)21-22-19)26-11-4-12(17)13(5-18)20-6-11/h4,6,8-9,14-16H,7H2,1-3H3/t8-,9?,14?,15-,16+/m0/s1. The second-order valence-electron chi connectivity index (χ2n) is 5.99. The molecule has 10 heteroatoms. The summed E-state index contributed by atoms with van der Waals surface area (Å²) < 4.78 is 11.8. The summed E-state index contributed by atoms with van der Waals surface area (Å²) in [5.41, 5.74) is 8.90. The number of aromatic nitrogens is 1. The summed E-state index contributed by atoms with van der Waals surface area (Å²) in [5, 5.41) is 12.9. The Morgan fingerprint density at radius 2 is 2.31 bits per heavy atom. The van der Waals surface area contributed by atoms with E-state index in [1.54, 1.807) is 12.3 Å². The number of thioether (sulfide) groups is 1. The molecule has 1 fully saturated rings. The van der Waals surface area contributed by atoms with Crippen molar-refractivity contribution in [3.05, 3.63) is 32.9 Å². The van der Waals surface area contributed by atoms with Crippen LogP contribution in [0.5, 0.6) is 0 Å². The van der Waals surface area contributed by atoms with Crippen molar-refractivity contribution in [2.75, 3.05) is 6.61 Å². The molecule has 0 saturated carbocycles. The van der Waals surface area contributed by atoms with E-state index in [1.807, 2.05) is 19.9 Å². The van der Waals surface area contributed by atoms with Crippen molar-refractivity contribution < 1.29 is 14.3 Å². The monoisotopic (exact) mass is 439 g/mol. The first-order valence-corrected chi connectivity index (χ1v) is 9.60. The molecule has 2 rings (SSSR count). The molecule has 5 atom stereocenters. The summed E-state index contributed by atoms with van der Waals surface area (Å²) in [6.07, 6.45) is 1.23.